The van der Waals surface area contributed by atoms with E-state index >= 15 is 0 Å². The predicted octanol–water partition coefficient (Wildman–Crippen LogP) is 2.24. The van der Waals surface area contributed by atoms with Crippen molar-refractivity contribution in [2.24, 2.45) is 0 Å². The van der Waals surface area contributed by atoms with Crippen LogP contribution in [0.5, 0.6) is 0 Å². The van der Waals surface area contributed by atoms with Gasteiger partial charge in [0.15, 0.2) is 0 Å². The van der Waals surface area contributed by atoms with E-state index in [-0.39, 0.29) is 0 Å². The molecule has 0 aliphatic heterocycles. The average molecular weight is 233 g/mol. The highest BCUT2D eigenvalue weighted by atomic mass is 15.2. The second kappa shape index (κ2) is 4.24. The summed E-state index contributed by atoms with van der Waals surface area (Å²) in [5, 5.41) is 0. The van der Waals surface area contributed by atoms with Crippen LogP contribution >= 0.6 is 0 Å². The van der Waals surface area contributed by atoms with Crippen LogP contribution in [-0.2, 0) is 6.54 Å². The summed E-state index contributed by atoms with van der Waals surface area (Å²) in [6, 6.07) is 0.346. The van der Waals surface area contributed by atoms with Gasteiger partial charge < -0.3 is 14.9 Å². The smallest absolute Gasteiger partial charge is 0.133 e. The molecule has 2 rings (SSSR count). The fourth-order valence-corrected chi connectivity index (χ4v) is 2.07. The van der Waals surface area contributed by atoms with Gasteiger partial charge in [0.05, 0.1) is 18.2 Å². The Bertz CT molecular complexity index is 521. The van der Waals surface area contributed by atoms with Crippen molar-refractivity contribution >= 4 is 5.82 Å². The molecule has 5 heteroatoms. The molecular weight excluding hydrogens is 214 g/mol. The Morgan fingerprint density at radius 2 is 2.12 bits per heavy atom. The molecule has 0 bridgehead atoms. The Morgan fingerprint density at radius 3 is 2.65 bits per heavy atom. The van der Waals surface area contributed by atoms with Crippen LogP contribution in [0.15, 0.2) is 12.5 Å². The topological polar surface area (TPSA) is 61.7 Å². The summed E-state index contributed by atoms with van der Waals surface area (Å²) < 4.78 is 4.09. The first kappa shape index (κ1) is 11.7. The summed E-state index contributed by atoms with van der Waals surface area (Å²) in [4.78, 5) is 8.73. The van der Waals surface area contributed by atoms with Gasteiger partial charge in [0.1, 0.15) is 17.3 Å². The molecule has 0 amide bonds. The Hall–Kier alpha value is -1.78. The summed E-state index contributed by atoms with van der Waals surface area (Å²) >= 11 is 0. The third-order valence-corrected chi connectivity index (χ3v) is 2.98. The molecule has 0 atom stereocenters. The number of imidazole rings is 2. The van der Waals surface area contributed by atoms with Gasteiger partial charge in [0, 0.05) is 12.6 Å². The van der Waals surface area contributed by atoms with Crippen molar-refractivity contribution in [3.8, 4) is 11.4 Å². The number of aryl methyl sites for hydroxylation is 1. The standard InChI is InChI=1S/C12H19N5/c1-5-16-9(4)15-11(12(16)13)10-6-14-7-17(10)8(2)3/h6-8H,5,13H2,1-4H3. The maximum Gasteiger partial charge on any atom is 0.133 e. The summed E-state index contributed by atoms with van der Waals surface area (Å²) in [6.45, 7) is 9.10. The fourth-order valence-electron chi connectivity index (χ4n) is 2.07. The van der Waals surface area contributed by atoms with Crippen LogP contribution in [0.1, 0.15) is 32.6 Å². The van der Waals surface area contributed by atoms with Gasteiger partial charge >= 0.3 is 0 Å². The van der Waals surface area contributed by atoms with Gasteiger partial charge in [0.25, 0.3) is 0 Å². The molecule has 0 radical (unpaired) electrons. The summed E-state index contributed by atoms with van der Waals surface area (Å²) in [5.74, 6) is 1.66. The van der Waals surface area contributed by atoms with Crippen molar-refractivity contribution in [3.05, 3.63) is 18.3 Å². The Balaban J connectivity index is 2.57. The molecular formula is C12H19N5. The molecule has 0 unspecified atom stereocenters. The Labute approximate surface area is 101 Å². The zero-order chi connectivity index (χ0) is 12.6. The number of nitrogens with zero attached hydrogens (tertiary/aromatic N) is 4. The van der Waals surface area contributed by atoms with E-state index in [4.69, 9.17) is 5.73 Å². The van der Waals surface area contributed by atoms with Crippen molar-refractivity contribution in [1.29, 1.82) is 0 Å². The number of anilines is 1. The number of hydrogen-bond donors (Lipinski definition) is 1. The minimum absolute atomic E-state index is 0.346. The van der Waals surface area contributed by atoms with Crippen LogP contribution in [0.2, 0.25) is 0 Å². The van der Waals surface area contributed by atoms with E-state index < -0.39 is 0 Å². The number of hydrogen-bond acceptors (Lipinski definition) is 3. The van der Waals surface area contributed by atoms with Gasteiger partial charge in [-0.05, 0) is 27.7 Å². The van der Waals surface area contributed by atoms with E-state index in [0.29, 0.717) is 11.9 Å². The Kier molecular flexibility index (Phi) is 2.92. The lowest BCUT2D eigenvalue weighted by molar-refractivity contribution is 0.604. The summed E-state index contributed by atoms with van der Waals surface area (Å²) in [7, 11) is 0. The molecule has 17 heavy (non-hydrogen) atoms. The zero-order valence-corrected chi connectivity index (χ0v) is 10.8. The third-order valence-electron chi connectivity index (χ3n) is 2.98. The van der Waals surface area contributed by atoms with Crippen LogP contribution < -0.4 is 5.73 Å². The first-order chi connectivity index (χ1) is 8.06. The second-order valence-corrected chi connectivity index (χ2v) is 4.42. The van der Waals surface area contributed by atoms with E-state index in [0.717, 1.165) is 23.8 Å². The lowest BCUT2D eigenvalue weighted by atomic mass is 10.3. The first-order valence-electron chi connectivity index (χ1n) is 5.91. The van der Waals surface area contributed by atoms with Crippen LogP contribution in [-0.4, -0.2) is 19.1 Å². The van der Waals surface area contributed by atoms with E-state index in [1.807, 2.05) is 24.0 Å². The molecule has 5 nitrogen and oxygen atoms in total. The van der Waals surface area contributed by atoms with Crippen molar-refractivity contribution in [2.45, 2.75) is 40.3 Å². The van der Waals surface area contributed by atoms with Gasteiger partial charge in [-0.2, -0.15) is 0 Å². The molecule has 0 saturated carbocycles. The molecule has 0 saturated heterocycles. The molecule has 2 N–H and O–H groups in total. The first-order valence-corrected chi connectivity index (χ1v) is 5.91. The lowest BCUT2D eigenvalue weighted by Gasteiger charge is -2.10. The monoisotopic (exact) mass is 233 g/mol. The van der Waals surface area contributed by atoms with Gasteiger partial charge in [-0.15, -0.1) is 0 Å². The van der Waals surface area contributed by atoms with Crippen LogP contribution in [0.4, 0.5) is 5.82 Å². The van der Waals surface area contributed by atoms with Crippen LogP contribution in [0.25, 0.3) is 11.4 Å². The van der Waals surface area contributed by atoms with Gasteiger partial charge in [-0.3, -0.25) is 0 Å². The predicted molar refractivity (Wildman–Crippen MR) is 68.7 cm³/mol. The maximum atomic E-state index is 6.13. The largest absolute Gasteiger partial charge is 0.383 e. The van der Waals surface area contributed by atoms with Crippen molar-refractivity contribution in [2.75, 3.05) is 5.73 Å². The van der Waals surface area contributed by atoms with Crippen molar-refractivity contribution in [3.63, 3.8) is 0 Å². The molecule has 0 aromatic carbocycles. The molecule has 0 spiro atoms. The summed E-state index contributed by atoms with van der Waals surface area (Å²) in [6.07, 6.45) is 3.64. The van der Waals surface area contributed by atoms with Crippen molar-refractivity contribution < 1.29 is 0 Å². The molecule has 2 aromatic heterocycles. The molecule has 0 aliphatic rings. The minimum Gasteiger partial charge on any atom is -0.383 e. The number of aromatic nitrogens is 4. The van der Waals surface area contributed by atoms with Gasteiger partial charge in [0.2, 0.25) is 0 Å². The quantitative estimate of drug-likeness (QED) is 0.884. The minimum atomic E-state index is 0.346. The molecule has 2 heterocycles. The molecule has 0 fully saturated rings. The maximum absolute atomic E-state index is 6.13. The van der Waals surface area contributed by atoms with E-state index in [9.17, 15) is 0 Å². The van der Waals surface area contributed by atoms with Crippen LogP contribution in [0.3, 0.4) is 0 Å². The van der Waals surface area contributed by atoms with Gasteiger partial charge in [-0.1, -0.05) is 0 Å². The average Bonchev–Trinajstić information content (AvgIpc) is 2.83. The highest BCUT2D eigenvalue weighted by Gasteiger charge is 2.17. The van der Waals surface area contributed by atoms with Crippen LogP contribution in [0, 0.1) is 6.92 Å². The highest BCUT2D eigenvalue weighted by Crippen LogP contribution is 2.27. The lowest BCUT2D eigenvalue weighted by Crippen LogP contribution is -2.04. The van der Waals surface area contributed by atoms with E-state index in [1.54, 1.807) is 0 Å². The summed E-state index contributed by atoms with van der Waals surface area (Å²) in [5.41, 5.74) is 7.94. The second-order valence-electron chi connectivity index (χ2n) is 4.42. The molecule has 2 aromatic rings. The fraction of sp³-hybridized carbons (Fsp3) is 0.500. The highest BCUT2D eigenvalue weighted by molar-refractivity contribution is 5.68. The number of nitrogen functional groups attached to an aromatic ring is 1. The zero-order valence-electron chi connectivity index (χ0n) is 10.8. The van der Waals surface area contributed by atoms with E-state index in [2.05, 4.69) is 35.3 Å². The normalized spacial score (nSPS) is 11.4. The van der Waals surface area contributed by atoms with E-state index in [1.165, 1.54) is 0 Å². The number of nitrogens with two attached hydrogens (primary N) is 1. The number of rotatable bonds is 3. The third kappa shape index (κ3) is 1.81. The molecule has 0 aliphatic carbocycles. The Morgan fingerprint density at radius 1 is 1.41 bits per heavy atom. The SMILES string of the molecule is CCn1c(C)nc(-c2cncn2C(C)C)c1N. The van der Waals surface area contributed by atoms with Crippen molar-refractivity contribution in [1.82, 2.24) is 19.1 Å². The van der Waals surface area contributed by atoms with Gasteiger partial charge in [-0.25, -0.2) is 9.97 Å². The molecule has 92 valence electrons.